The molecular formula is C14H13N5O3S3. The van der Waals surface area contributed by atoms with Crippen LogP contribution in [0.25, 0.3) is 11.4 Å². The summed E-state index contributed by atoms with van der Waals surface area (Å²) < 4.78 is 27.3. The van der Waals surface area contributed by atoms with Crippen molar-refractivity contribution < 1.29 is 13.2 Å². The molecule has 3 rings (SSSR count). The number of sulfonamides is 1. The molecule has 0 aliphatic heterocycles. The van der Waals surface area contributed by atoms with Crippen molar-refractivity contribution in [2.75, 3.05) is 15.8 Å². The van der Waals surface area contributed by atoms with Crippen LogP contribution in [0.1, 0.15) is 6.92 Å². The van der Waals surface area contributed by atoms with Crippen LogP contribution in [0.2, 0.25) is 0 Å². The fourth-order valence-electron chi connectivity index (χ4n) is 1.94. The first kappa shape index (κ1) is 17.3. The molecule has 1 aromatic carbocycles. The molecule has 0 aliphatic carbocycles. The molecule has 0 bridgehead atoms. The lowest BCUT2D eigenvalue weighted by molar-refractivity contribution is -0.114. The molecule has 1 amide bonds. The Morgan fingerprint density at radius 1 is 1.08 bits per heavy atom. The number of aromatic nitrogens is 2. The lowest BCUT2D eigenvalue weighted by Gasteiger charge is -2.06. The average Bonchev–Trinajstić information content (AvgIpc) is 3.16. The lowest BCUT2D eigenvalue weighted by atomic mass is 10.3. The zero-order valence-corrected chi connectivity index (χ0v) is 15.3. The lowest BCUT2D eigenvalue weighted by Crippen LogP contribution is -2.13. The molecule has 8 nitrogen and oxygen atoms in total. The van der Waals surface area contributed by atoms with Crippen LogP contribution in [0.5, 0.6) is 0 Å². The van der Waals surface area contributed by atoms with E-state index in [2.05, 4.69) is 20.0 Å². The quantitative estimate of drug-likeness (QED) is 0.609. The second-order valence-electron chi connectivity index (χ2n) is 4.92. The third kappa shape index (κ3) is 4.13. The van der Waals surface area contributed by atoms with Crippen LogP contribution in [0.3, 0.4) is 0 Å². The largest absolute Gasteiger partial charge is 0.375 e. The summed E-state index contributed by atoms with van der Waals surface area (Å²) in [4.78, 5) is 19.4. The Morgan fingerprint density at radius 2 is 1.72 bits per heavy atom. The topological polar surface area (TPSA) is 127 Å². The molecule has 2 heterocycles. The number of hydrogen-bond acceptors (Lipinski definition) is 8. The van der Waals surface area contributed by atoms with E-state index in [1.807, 2.05) is 0 Å². The van der Waals surface area contributed by atoms with E-state index < -0.39 is 10.0 Å². The Kier molecular flexibility index (Phi) is 4.70. The summed E-state index contributed by atoms with van der Waals surface area (Å²) in [7, 11) is -3.78. The molecule has 0 unspecified atom stereocenters. The minimum Gasteiger partial charge on any atom is -0.375 e. The van der Waals surface area contributed by atoms with Crippen molar-refractivity contribution in [3.63, 3.8) is 0 Å². The summed E-state index contributed by atoms with van der Waals surface area (Å²) in [5, 5.41) is 6.68. The highest BCUT2D eigenvalue weighted by Crippen LogP contribution is 2.28. The van der Waals surface area contributed by atoms with Gasteiger partial charge in [0.1, 0.15) is 11.4 Å². The average molecular weight is 395 g/mol. The third-order valence-electron chi connectivity index (χ3n) is 3.00. The third-order valence-corrected chi connectivity index (χ3v) is 5.91. The van der Waals surface area contributed by atoms with Gasteiger partial charge in [-0.25, -0.2) is 18.4 Å². The number of nitrogen functional groups attached to an aromatic ring is 1. The summed E-state index contributed by atoms with van der Waals surface area (Å²) in [6.45, 7) is 1.38. The van der Waals surface area contributed by atoms with Gasteiger partial charge in [-0.1, -0.05) is 0 Å². The summed E-state index contributed by atoms with van der Waals surface area (Å²) in [6.07, 6.45) is 0. The number of amides is 1. The molecule has 0 saturated heterocycles. The van der Waals surface area contributed by atoms with E-state index in [4.69, 9.17) is 5.73 Å². The van der Waals surface area contributed by atoms with Crippen molar-refractivity contribution in [1.82, 2.24) is 9.97 Å². The highest BCUT2D eigenvalue weighted by molar-refractivity contribution is 7.93. The molecule has 4 N–H and O–H groups in total. The van der Waals surface area contributed by atoms with Gasteiger partial charge < -0.3 is 11.1 Å². The van der Waals surface area contributed by atoms with Gasteiger partial charge in [0.15, 0.2) is 10.3 Å². The normalized spacial score (nSPS) is 11.2. The minimum atomic E-state index is -3.78. The Hall–Kier alpha value is -2.50. The molecule has 0 radical (unpaired) electrons. The summed E-state index contributed by atoms with van der Waals surface area (Å²) >= 11 is 2.44. The number of thiazole rings is 2. The number of nitrogens with zero attached hydrogens (tertiary/aromatic N) is 2. The van der Waals surface area contributed by atoms with Gasteiger partial charge in [0, 0.05) is 23.4 Å². The van der Waals surface area contributed by atoms with Gasteiger partial charge in [0.2, 0.25) is 5.91 Å². The maximum absolute atomic E-state index is 12.4. The van der Waals surface area contributed by atoms with Gasteiger partial charge in [-0.05, 0) is 24.3 Å². The maximum atomic E-state index is 12.4. The van der Waals surface area contributed by atoms with Crippen molar-refractivity contribution in [3.8, 4) is 11.4 Å². The monoisotopic (exact) mass is 395 g/mol. The smallest absolute Gasteiger partial charge is 0.263 e. The molecule has 11 heteroatoms. The van der Waals surface area contributed by atoms with E-state index in [0.717, 1.165) is 11.3 Å². The van der Waals surface area contributed by atoms with E-state index in [1.165, 1.54) is 42.5 Å². The standard InChI is InChI=1S/C14H13N5O3S3/c1-8(20)16-9-2-4-10(5-3-9)25(21,22)19-14-18-12(7-24-14)11-6-23-13(15)17-11/h2-7H,1H3,(H2,15,17)(H,16,20)(H,18,19). The molecular weight excluding hydrogens is 382 g/mol. The first-order chi connectivity index (χ1) is 11.8. The Morgan fingerprint density at radius 3 is 2.32 bits per heavy atom. The van der Waals surface area contributed by atoms with Crippen LogP contribution in [-0.2, 0) is 14.8 Å². The molecule has 2 aromatic heterocycles. The molecule has 0 fully saturated rings. The fraction of sp³-hybridized carbons (Fsp3) is 0.0714. The highest BCUT2D eigenvalue weighted by Gasteiger charge is 2.17. The number of rotatable bonds is 5. The summed E-state index contributed by atoms with van der Waals surface area (Å²) in [5.41, 5.74) is 7.26. The molecule has 3 aromatic rings. The van der Waals surface area contributed by atoms with Crippen LogP contribution >= 0.6 is 22.7 Å². The molecule has 0 saturated carbocycles. The second-order valence-corrected chi connectivity index (χ2v) is 8.35. The maximum Gasteiger partial charge on any atom is 0.263 e. The number of carbonyl (C=O) groups excluding carboxylic acids is 1. The van der Waals surface area contributed by atoms with Gasteiger partial charge in [-0.15, -0.1) is 22.7 Å². The van der Waals surface area contributed by atoms with Crippen LogP contribution in [0.4, 0.5) is 16.0 Å². The van der Waals surface area contributed by atoms with E-state index in [-0.39, 0.29) is 15.9 Å². The van der Waals surface area contributed by atoms with E-state index >= 15 is 0 Å². The second kappa shape index (κ2) is 6.78. The molecule has 0 atom stereocenters. The predicted octanol–water partition coefficient (Wildman–Crippen LogP) is 2.61. The van der Waals surface area contributed by atoms with E-state index in [0.29, 0.717) is 22.2 Å². The van der Waals surface area contributed by atoms with E-state index in [9.17, 15) is 13.2 Å². The fourth-order valence-corrected chi connectivity index (χ4v) is 4.45. The van der Waals surface area contributed by atoms with Crippen molar-refractivity contribution in [3.05, 3.63) is 35.0 Å². The molecule has 0 spiro atoms. The number of hydrogen-bond donors (Lipinski definition) is 3. The van der Waals surface area contributed by atoms with Gasteiger partial charge >= 0.3 is 0 Å². The number of carbonyl (C=O) groups is 1. The Bertz CT molecular complexity index is 1010. The molecule has 0 aliphatic rings. The zero-order valence-electron chi connectivity index (χ0n) is 12.9. The van der Waals surface area contributed by atoms with Gasteiger partial charge in [-0.3, -0.25) is 9.52 Å². The highest BCUT2D eigenvalue weighted by atomic mass is 32.2. The Balaban J connectivity index is 1.77. The first-order valence-electron chi connectivity index (χ1n) is 6.91. The number of anilines is 3. The zero-order chi connectivity index (χ0) is 18.0. The Labute approximate surface area is 151 Å². The van der Waals surface area contributed by atoms with Crippen molar-refractivity contribution in [2.45, 2.75) is 11.8 Å². The van der Waals surface area contributed by atoms with Gasteiger partial charge in [-0.2, -0.15) is 0 Å². The van der Waals surface area contributed by atoms with Crippen LogP contribution in [-0.4, -0.2) is 24.3 Å². The summed E-state index contributed by atoms with van der Waals surface area (Å²) in [5.74, 6) is -0.230. The predicted molar refractivity (Wildman–Crippen MR) is 99.2 cm³/mol. The number of nitrogens with two attached hydrogens (primary N) is 1. The van der Waals surface area contributed by atoms with Crippen molar-refractivity contribution in [2.24, 2.45) is 0 Å². The van der Waals surface area contributed by atoms with E-state index in [1.54, 1.807) is 10.8 Å². The summed E-state index contributed by atoms with van der Waals surface area (Å²) in [6, 6.07) is 5.84. The molecule has 25 heavy (non-hydrogen) atoms. The van der Waals surface area contributed by atoms with Crippen LogP contribution in [0.15, 0.2) is 39.9 Å². The number of benzene rings is 1. The van der Waals surface area contributed by atoms with Gasteiger partial charge in [0.05, 0.1) is 4.90 Å². The van der Waals surface area contributed by atoms with Crippen molar-refractivity contribution >= 4 is 54.6 Å². The van der Waals surface area contributed by atoms with Gasteiger partial charge in [0.25, 0.3) is 10.0 Å². The molecule has 130 valence electrons. The number of nitrogens with one attached hydrogen (secondary N) is 2. The van der Waals surface area contributed by atoms with Crippen LogP contribution < -0.4 is 15.8 Å². The van der Waals surface area contributed by atoms with Crippen molar-refractivity contribution in [1.29, 1.82) is 0 Å². The minimum absolute atomic E-state index is 0.0660. The SMILES string of the molecule is CC(=O)Nc1ccc(S(=O)(=O)Nc2nc(-c3csc(N)n3)cs2)cc1. The van der Waals surface area contributed by atoms with Crippen LogP contribution in [0, 0.1) is 0 Å². The first-order valence-corrected chi connectivity index (χ1v) is 10.1.